The number of aliphatic carboxylic acids is 1. The minimum atomic E-state index is -1.12. The molecule has 1 saturated carbocycles. The van der Waals surface area contributed by atoms with E-state index in [0.29, 0.717) is 24.0 Å². The molecule has 1 aromatic rings. The summed E-state index contributed by atoms with van der Waals surface area (Å²) >= 11 is 0. The summed E-state index contributed by atoms with van der Waals surface area (Å²) in [5, 5.41) is 14.0. The molecule has 0 aliphatic heterocycles. The molecule has 1 atom stereocenters. The number of nitrogens with one attached hydrogen (secondary N) is 2. The number of benzene rings is 1. The summed E-state index contributed by atoms with van der Waals surface area (Å²) in [5.41, 5.74) is 0.0409. The number of carboxylic acids is 1. The van der Waals surface area contributed by atoms with Gasteiger partial charge in [0, 0.05) is 0 Å². The third-order valence-corrected chi connectivity index (χ3v) is 3.56. The van der Waals surface area contributed by atoms with Crippen LogP contribution in [0, 0.1) is 12.7 Å². The summed E-state index contributed by atoms with van der Waals surface area (Å²) in [6.07, 6.45) is 0.868. The Morgan fingerprint density at radius 2 is 2.05 bits per heavy atom. The smallest absolute Gasteiger partial charge is 0.329 e. The number of hydrogen-bond acceptors (Lipinski definition) is 2. The number of rotatable bonds is 4. The average Bonchev–Trinajstić information content (AvgIpc) is 3.13. The van der Waals surface area contributed by atoms with Crippen LogP contribution in [0.1, 0.15) is 36.9 Å². The normalized spacial score (nSPS) is 17.1. The minimum absolute atomic E-state index is 0.333. The van der Waals surface area contributed by atoms with Gasteiger partial charge in [-0.05, 0) is 43.9 Å². The zero-order valence-electron chi connectivity index (χ0n) is 11.4. The lowest BCUT2D eigenvalue weighted by Gasteiger charge is -2.18. The Morgan fingerprint density at radius 3 is 2.55 bits per heavy atom. The summed E-state index contributed by atoms with van der Waals surface area (Å²) in [7, 11) is 0. The van der Waals surface area contributed by atoms with Gasteiger partial charge < -0.3 is 15.7 Å². The highest BCUT2D eigenvalue weighted by molar-refractivity contribution is 5.89. The molecule has 20 heavy (non-hydrogen) atoms. The van der Waals surface area contributed by atoms with Crippen LogP contribution in [0.25, 0.3) is 0 Å². The van der Waals surface area contributed by atoms with Gasteiger partial charge in [-0.1, -0.05) is 12.1 Å². The summed E-state index contributed by atoms with van der Waals surface area (Å²) in [4.78, 5) is 22.7. The molecule has 1 aliphatic carbocycles. The van der Waals surface area contributed by atoms with Crippen LogP contribution in [0.2, 0.25) is 0 Å². The molecule has 0 radical (unpaired) electrons. The number of aryl methyl sites for hydroxylation is 1. The van der Waals surface area contributed by atoms with Crippen molar-refractivity contribution < 1.29 is 19.1 Å². The van der Waals surface area contributed by atoms with E-state index in [4.69, 9.17) is 5.11 Å². The lowest BCUT2D eigenvalue weighted by atomic mass is 10.1. The molecule has 1 aromatic carbocycles. The van der Waals surface area contributed by atoms with Crippen LogP contribution in [0.5, 0.6) is 0 Å². The van der Waals surface area contributed by atoms with Gasteiger partial charge in [0.05, 0.1) is 6.04 Å². The van der Waals surface area contributed by atoms with Crippen molar-refractivity contribution >= 4 is 12.0 Å². The Kier molecular flexibility index (Phi) is 3.65. The van der Waals surface area contributed by atoms with E-state index in [1.165, 1.54) is 6.07 Å². The van der Waals surface area contributed by atoms with Crippen molar-refractivity contribution in [3.05, 3.63) is 35.1 Å². The third kappa shape index (κ3) is 2.89. The Bertz CT molecular complexity index is 555. The second kappa shape index (κ2) is 5.11. The quantitative estimate of drug-likeness (QED) is 0.790. The van der Waals surface area contributed by atoms with Gasteiger partial charge in [-0.15, -0.1) is 0 Å². The first kappa shape index (κ1) is 14.3. The van der Waals surface area contributed by atoms with Crippen LogP contribution >= 0.6 is 0 Å². The van der Waals surface area contributed by atoms with Crippen molar-refractivity contribution in [3.63, 3.8) is 0 Å². The average molecular weight is 280 g/mol. The maximum atomic E-state index is 13.5. The highest BCUT2D eigenvalue weighted by atomic mass is 19.1. The number of carbonyl (C=O) groups is 2. The number of halogens is 1. The van der Waals surface area contributed by atoms with Crippen molar-refractivity contribution in [2.24, 2.45) is 0 Å². The summed E-state index contributed by atoms with van der Waals surface area (Å²) in [6, 6.07) is 3.77. The second-order valence-electron chi connectivity index (χ2n) is 5.22. The van der Waals surface area contributed by atoms with Crippen molar-refractivity contribution in [2.45, 2.75) is 38.3 Å². The van der Waals surface area contributed by atoms with E-state index in [9.17, 15) is 14.0 Å². The molecule has 0 saturated heterocycles. The first-order valence-electron chi connectivity index (χ1n) is 6.42. The lowest BCUT2D eigenvalue weighted by Crippen LogP contribution is -2.48. The third-order valence-electron chi connectivity index (χ3n) is 3.56. The number of urea groups is 1. The Morgan fingerprint density at radius 1 is 1.40 bits per heavy atom. The highest BCUT2D eigenvalue weighted by Gasteiger charge is 2.51. The van der Waals surface area contributed by atoms with Crippen molar-refractivity contribution in [2.75, 3.05) is 0 Å². The summed E-state index contributed by atoms with van der Waals surface area (Å²) in [5.74, 6) is -1.36. The molecule has 0 heterocycles. The zero-order chi connectivity index (χ0) is 14.9. The number of carboxylic acid groups (broad SMARTS) is 1. The van der Waals surface area contributed by atoms with Gasteiger partial charge in [0.15, 0.2) is 0 Å². The highest BCUT2D eigenvalue weighted by Crippen LogP contribution is 2.35. The Hall–Kier alpha value is -2.11. The van der Waals surface area contributed by atoms with Crippen LogP contribution in [0.15, 0.2) is 18.2 Å². The molecule has 1 fully saturated rings. The molecule has 0 spiro atoms. The van der Waals surface area contributed by atoms with Crippen molar-refractivity contribution in [1.29, 1.82) is 0 Å². The predicted molar refractivity (Wildman–Crippen MR) is 70.8 cm³/mol. The Balaban J connectivity index is 1.97. The monoisotopic (exact) mass is 280 g/mol. The first-order chi connectivity index (χ1) is 9.34. The first-order valence-corrected chi connectivity index (χ1v) is 6.42. The van der Waals surface area contributed by atoms with E-state index in [2.05, 4.69) is 10.6 Å². The van der Waals surface area contributed by atoms with Gasteiger partial charge >= 0.3 is 12.0 Å². The van der Waals surface area contributed by atoms with Gasteiger partial charge in [-0.25, -0.2) is 14.0 Å². The summed E-state index contributed by atoms with van der Waals surface area (Å²) in [6.45, 7) is 3.37. The molecule has 2 amide bonds. The maximum Gasteiger partial charge on any atom is 0.329 e. The Labute approximate surface area is 116 Å². The zero-order valence-corrected chi connectivity index (χ0v) is 11.4. The van der Waals surface area contributed by atoms with E-state index in [1.807, 2.05) is 0 Å². The predicted octanol–water partition coefficient (Wildman–Crippen LogP) is 2.11. The van der Waals surface area contributed by atoms with E-state index in [-0.39, 0.29) is 5.82 Å². The number of carbonyl (C=O) groups excluding carboxylic acids is 1. The van der Waals surface area contributed by atoms with Gasteiger partial charge in [0.2, 0.25) is 0 Å². The number of hydrogen-bond donors (Lipinski definition) is 3. The van der Waals surface area contributed by atoms with Crippen LogP contribution in [0.4, 0.5) is 9.18 Å². The van der Waals surface area contributed by atoms with Gasteiger partial charge in [-0.2, -0.15) is 0 Å². The maximum absolute atomic E-state index is 13.5. The molecule has 1 unspecified atom stereocenters. The molecule has 1 aliphatic rings. The molecule has 6 heteroatoms. The largest absolute Gasteiger partial charge is 0.480 e. The van der Waals surface area contributed by atoms with Gasteiger partial charge in [0.25, 0.3) is 0 Å². The molecule has 0 aromatic heterocycles. The van der Waals surface area contributed by atoms with E-state index >= 15 is 0 Å². The van der Waals surface area contributed by atoms with Gasteiger partial charge in [-0.3, -0.25) is 0 Å². The van der Waals surface area contributed by atoms with Crippen LogP contribution in [0.3, 0.4) is 0 Å². The minimum Gasteiger partial charge on any atom is -0.480 e. The molecule has 2 rings (SSSR count). The molecular weight excluding hydrogens is 263 g/mol. The SMILES string of the molecule is Cc1ccc(C(C)NC(=O)NC2(C(=O)O)CC2)cc1F. The van der Waals surface area contributed by atoms with E-state index < -0.39 is 23.6 Å². The second-order valence-corrected chi connectivity index (χ2v) is 5.22. The lowest BCUT2D eigenvalue weighted by molar-refractivity contribution is -0.140. The fourth-order valence-corrected chi connectivity index (χ4v) is 1.93. The molecular formula is C14H17FN2O3. The number of amides is 2. The molecule has 3 N–H and O–H groups in total. The van der Waals surface area contributed by atoms with Crippen LogP contribution in [-0.4, -0.2) is 22.6 Å². The molecule has 108 valence electrons. The topological polar surface area (TPSA) is 78.4 Å². The standard InChI is InChI=1S/C14H17FN2O3/c1-8-3-4-10(7-11(8)15)9(2)16-13(20)17-14(5-6-14)12(18)19/h3-4,7,9H,5-6H2,1-2H3,(H,18,19)(H2,16,17,20). The van der Waals surface area contributed by atoms with Crippen LogP contribution in [-0.2, 0) is 4.79 Å². The van der Waals surface area contributed by atoms with Crippen molar-refractivity contribution in [3.8, 4) is 0 Å². The van der Waals surface area contributed by atoms with Crippen molar-refractivity contribution in [1.82, 2.24) is 10.6 Å². The van der Waals surface area contributed by atoms with E-state index in [1.54, 1.807) is 26.0 Å². The van der Waals surface area contributed by atoms with Crippen LogP contribution < -0.4 is 10.6 Å². The molecule has 5 nitrogen and oxygen atoms in total. The fourth-order valence-electron chi connectivity index (χ4n) is 1.93. The van der Waals surface area contributed by atoms with Gasteiger partial charge in [0.1, 0.15) is 11.4 Å². The van der Waals surface area contributed by atoms with E-state index in [0.717, 1.165) is 0 Å². The summed E-state index contributed by atoms with van der Waals surface area (Å²) < 4.78 is 13.5. The molecule has 0 bridgehead atoms. The fraction of sp³-hybridized carbons (Fsp3) is 0.429.